The van der Waals surface area contributed by atoms with Crippen LogP contribution in [-0.2, 0) is 0 Å². The molecule has 0 spiro atoms. The van der Waals surface area contributed by atoms with Gasteiger partial charge in [0.05, 0.1) is 22.8 Å². The molecule has 0 aliphatic rings. The molecule has 5 nitrogen and oxygen atoms in total. The molecule has 100 valence electrons. The van der Waals surface area contributed by atoms with Crippen molar-refractivity contribution in [2.24, 2.45) is 0 Å². The van der Waals surface area contributed by atoms with Crippen molar-refractivity contribution in [3.05, 3.63) is 28.3 Å². The van der Waals surface area contributed by atoms with E-state index in [1.54, 1.807) is 0 Å². The first-order valence-corrected chi connectivity index (χ1v) is 4.68. The average Bonchev–Trinajstić information content (AvgIpc) is 2.26. The van der Waals surface area contributed by atoms with Crippen LogP contribution in [0.2, 0.25) is 0 Å². The molecule has 0 aliphatic carbocycles. The smallest absolute Gasteiger partial charge is 0.324 e. The number of alkyl halides is 4. The molecule has 3 N–H and O–H groups in total. The summed E-state index contributed by atoms with van der Waals surface area (Å²) in [5.41, 5.74) is 4.80. The van der Waals surface area contributed by atoms with Crippen LogP contribution in [0.4, 0.5) is 34.6 Å². The van der Waals surface area contributed by atoms with E-state index in [-0.39, 0.29) is 17.1 Å². The van der Waals surface area contributed by atoms with E-state index in [2.05, 4.69) is 0 Å². The van der Waals surface area contributed by atoms with Gasteiger partial charge in [-0.05, 0) is 6.07 Å². The van der Waals surface area contributed by atoms with E-state index in [0.717, 1.165) is 18.2 Å². The zero-order valence-electron chi connectivity index (χ0n) is 8.87. The first-order valence-electron chi connectivity index (χ1n) is 4.68. The van der Waals surface area contributed by atoms with E-state index in [1.165, 1.54) is 0 Å². The van der Waals surface area contributed by atoms with E-state index in [4.69, 9.17) is 5.73 Å². The van der Waals surface area contributed by atoms with E-state index >= 15 is 0 Å². The highest BCUT2D eigenvalue weighted by molar-refractivity contribution is 5.69. The molecule has 0 amide bonds. The number of nitro benzene ring substituents is 1. The third-order valence-corrected chi connectivity index (χ3v) is 2.08. The Morgan fingerprint density at radius 1 is 1.44 bits per heavy atom. The SMILES string of the molecule is Nc1cc([N+](=O)[O-])ccc1NCC(F)(F)C(F)F. The second-order valence-corrected chi connectivity index (χ2v) is 3.44. The molecule has 1 aromatic rings. The lowest BCUT2D eigenvalue weighted by Crippen LogP contribution is -2.34. The van der Waals surface area contributed by atoms with Gasteiger partial charge in [-0.1, -0.05) is 0 Å². The minimum atomic E-state index is -4.20. The molecule has 0 unspecified atom stereocenters. The van der Waals surface area contributed by atoms with Crippen molar-refractivity contribution >= 4 is 17.1 Å². The summed E-state index contributed by atoms with van der Waals surface area (Å²) in [5.74, 6) is -4.20. The number of non-ortho nitro benzene ring substituents is 1. The van der Waals surface area contributed by atoms with Crippen LogP contribution < -0.4 is 11.1 Å². The number of hydrogen-bond acceptors (Lipinski definition) is 4. The number of anilines is 2. The zero-order chi connectivity index (χ0) is 13.9. The predicted molar refractivity (Wildman–Crippen MR) is 56.9 cm³/mol. The molecule has 0 saturated carbocycles. The van der Waals surface area contributed by atoms with Gasteiger partial charge in [0.1, 0.15) is 0 Å². The highest BCUT2D eigenvalue weighted by Gasteiger charge is 2.40. The lowest BCUT2D eigenvalue weighted by Gasteiger charge is -2.17. The fraction of sp³-hybridized carbons (Fsp3) is 0.333. The van der Waals surface area contributed by atoms with Crippen molar-refractivity contribution in [2.45, 2.75) is 12.3 Å². The minimum Gasteiger partial charge on any atom is -0.397 e. The van der Waals surface area contributed by atoms with Gasteiger partial charge < -0.3 is 11.1 Å². The number of nitrogens with two attached hydrogens (primary N) is 1. The van der Waals surface area contributed by atoms with E-state index in [1.807, 2.05) is 5.32 Å². The third kappa shape index (κ3) is 3.22. The summed E-state index contributed by atoms with van der Waals surface area (Å²) in [6, 6.07) is 3.05. The van der Waals surface area contributed by atoms with Gasteiger partial charge in [0, 0.05) is 12.1 Å². The van der Waals surface area contributed by atoms with Gasteiger partial charge >= 0.3 is 12.3 Å². The molecule has 0 radical (unpaired) electrons. The quantitative estimate of drug-likeness (QED) is 0.371. The largest absolute Gasteiger partial charge is 0.397 e. The van der Waals surface area contributed by atoms with Crippen LogP contribution >= 0.6 is 0 Å². The minimum absolute atomic E-state index is 0.0686. The van der Waals surface area contributed by atoms with Gasteiger partial charge in [-0.15, -0.1) is 0 Å². The highest BCUT2D eigenvalue weighted by Crippen LogP contribution is 2.27. The molecule has 0 bridgehead atoms. The normalized spacial score (nSPS) is 11.6. The Morgan fingerprint density at radius 3 is 2.50 bits per heavy atom. The molecule has 0 aliphatic heterocycles. The molecule has 0 saturated heterocycles. The van der Waals surface area contributed by atoms with E-state index < -0.39 is 23.8 Å². The lowest BCUT2D eigenvalue weighted by atomic mass is 10.2. The Bertz CT molecular complexity index is 453. The van der Waals surface area contributed by atoms with Crippen molar-refractivity contribution in [1.82, 2.24) is 0 Å². The molecular formula is C9H9F4N3O2. The molecule has 18 heavy (non-hydrogen) atoms. The molecular weight excluding hydrogens is 258 g/mol. The summed E-state index contributed by atoms with van der Waals surface area (Å²) in [7, 11) is 0. The van der Waals surface area contributed by atoms with Crippen molar-refractivity contribution < 1.29 is 22.5 Å². The first-order chi connectivity index (χ1) is 8.24. The number of nitro groups is 1. The van der Waals surface area contributed by atoms with Crippen LogP contribution in [0.15, 0.2) is 18.2 Å². The van der Waals surface area contributed by atoms with Crippen molar-refractivity contribution in [2.75, 3.05) is 17.6 Å². The molecule has 1 rings (SSSR count). The van der Waals surface area contributed by atoms with E-state index in [9.17, 15) is 27.7 Å². The van der Waals surface area contributed by atoms with Gasteiger partial charge in [0.2, 0.25) is 0 Å². The lowest BCUT2D eigenvalue weighted by molar-refractivity contribution is -0.384. The monoisotopic (exact) mass is 267 g/mol. The molecule has 9 heteroatoms. The predicted octanol–water partition coefficient (Wildman–Crippen LogP) is 2.49. The summed E-state index contributed by atoms with van der Waals surface area (Å²) < 4.78 is 49.0. The maximum Gasteiger partial charge on any atom is 0.324 e. The summed E-state index contributed by atoms with van der Waals surface area (Å²) in [4.78, 5) is 9.67. The Hall–Kier alpha value is -2.06. The van der Waals surface area contributed by atoms with Gasteiger partial charge in [-0.2, -0.15) is 8.78 Å². The molecule has 0 heterocycles. The second kappa shape index (κ2) is 5.07. The standard InChI is InChI=1S/C9H9F4N3O2/c10-8(11)9(12,13)4-15-7-2-1-5(16(17)18)3-6(7)14/h1-3,8,15H,4,14H2. The number of nitrogens with one attached hydrogen (secondary N) is 1. The number of nitrogens with zero attached hydrogens (tertiary/aromatic N) is 1. The van der Waals surface area contributed by atoms with Gasteiger partial charge in [0.25, 0.3) is 5.69 Å². The molecule has 0 aromatic heterocycles. The molecule has 0 fully saturated rings. The van der Waals surface area contributed by atoms with E-state index in [0.29, 0.717) is 0 Å². The van der Waals surface area contributed by atoms with Gasteiger partial charge in [0.15, 0.2) is 0 Å². The fourth-order valence-corrected chi connectivity index (χ4v) is 1.11. The van der Waals surface area contributed by atoms with Crippen LogP contribution in [0.3, 0.4) is 0 Å². The van der Waals surface area contributed by atoms with Crippen LogP contribution in [0.1, 0.15) is 0 Å². The summed E-state index contributed by atoms with van der Waals surface area (Å²) in [6.07, 6.45) is -3.80. The number of nitrogen functional groups attached to an aromatic ring is 1. The summed E-state index contributed by atoms with van der Waals surface area (Å²) >= 11 is 0. The topological polar surface area (TPSA) is 81.2 Å². The number of benzene rings is 1. The zero-order valence-corrected chi connectivity index (χ0v) is 8.87. The number of rotatable bonds is 5. The van der Waals surface area contributed by atoms with Crippen LogP contribution in [-0.4, -0.2) is 23.8 Å². The highest BCUT2D eigenvalue weighted by atomic mass is 19.3. The maximum absolute atomic E-state index is 12.6. The first kappa shape index (κ1) is 14.0. The molecule has 0 atom stereocenters. The van der Waals surface area contributed by atoms with Crippen LogP contribution in [0, 0.1) is 10.1 Å². The van der Waals surface area contributed by atoms with Crippen molar-refractivity contribution in [3.8, 4) is 0 Å². The molecule has 1 aromatic carbocycles. The Kier molecular flexibility index (Phi) is 3.94. The Morgan fingerprint density at radius 2 is 2.06 bits per heavy atom. The number of hydrogen-bond donors (Lipinski definition) is 2. The van der Waals surface area contributed by atoms with Crippen LogP contribution in [0.5, 0.6) is 0 Å². The third-order valence-electron chi connectivity index (χ3n) is 2.08. The summed E-state index contributed by atoms with van der Waals surface area (Å²) in [5, 5.41) is 12.4. The second-order valence-electron chi connectivity index (χ2n) is 3.44. The van der Waals surface area contributed by atoms with Crippen molar-refractivity contribution in [1.29, 1.82) is 0 Å². The maximum atomic E-state index is 12.6. The Balaban J connectivity index is 2.78. The van der Waals surface area contributed by atoms with Crippen molar-refractivity contribution in [3.63, 3.8) is 0 Å². The van der Waals surface area contributed by atoms with Gasteiger partial charge in [-0.3, -0.25) is 10.1 Å². The average molecular weight is 267 g/mol. The fourth-order valence-electron chi connectivity index (χ4n) is 1.11. The Labute approximate surface area is 98.7 Å². The van der Waals surface area contributed by atoms with Crippen LogP contribution in [0.25, 0.3) is 0 Å². The number of halogens is 4. The summed E-state index contributed by atoms with van der Waals surface area (Å²) in [6.45, 7) is -1.31. The van der Waals surface area contributed by atoms with Gasteiger partial charge in [-0.25, -0.2) is 8.78 Å².